The first kappa shape index (κ1) is 13.1. The second-order valence-electron chi connectivity index (χ2n) is 5.41. The lowest BCUT2D eigenvalue weighted by molar-refractivity contribution is -0.134. The quantitative estimate of drug-likeness (QED) is 0.797. The maximum Gasteiger partial charge on any atom is 0.234 e. The molecule has 1 aromatic rings. The average molecular weight is 274 g/mol. The SMILES string of the molecule is O=C1CCC(c2ccc(OCC3CNC3)cc2)C(=O)N1. The molecule has 106 valence electrons. The molecule has 0 saturated carbocycles. The van der Waals surface area contributed by atoms with Crippen LogP contribution >= 0.6 is 0 Å². The molecule has 1 atom stereocenters. The Bertz CT molecular complexity index is 508. The number of imide groups is 1. The molecule has 3 rings (SSSR count). The second kappa shape index (κ2) is 5.63. The molecule has 2 heterocycles. The molecule has 1 aromatic carbocycles. The highest BCUT2D eigenvalue weighted by Crippen LogP contribution is 2.26. The fourth-order valence-electron chi connectivity index (χ4n) is 2.49. The van der Waals surface area contributed by atoms with E-state index >= 15 is 0 Å². The summed E-state index contributed by atoms with van der Waals surface area (Å²) in [6.45, 7) is 2.77. The summed E-state index contributed by atoms with van der Waals surface area (Å²) in [4.78, 5) is 22.9. The molecular formula is C15H18N2O3. The van der Waals surface area contributed by atoms with E-state index in [1.165, 1.54) is 0 Å². The predicted octanol–water partition coefficient (Wildman–Crippen LogP) is 0.805. The number of amides is 2. The molecule has 2 aliphatic rings. The number of carbonyl (C=O) groups excluding carboxylic acids is 2. The Kier molecular flexibility index (Phi) is 3.69. The molecular weight excluding hydrogens is 256 g/mol. The monoisotopic (exact) mass is 274 g/mol. The molecule has 1 unspecified atom stereocenters. The average Bonchev–Trinajstić information content (AvgIpc) is 2.38. The van der Waals surface area contributed by atoms with Gasteiger partial charge in [-0.1, -0.05) is 12.1 Å². The number of hydrogen-bond donors (Lipinski definition) is 2. The van der Waals surface area contributed by atoms with Gasteiger partial charge >= 0.3 is 0 Å². The molecule has 0 radical (unpaired) electrons. The lowest BCUT2D eigenvalue weighted by Crippen LogP contribution is -2.45. The molecule has 2 fully saturated rings. The Morgan fingerprint density at radius 2 is 1.90 bits per heavy atom. The van der Waals surface area contributed by atoms with Crippen LogP contribution in [0.25, 0.3) is 0 Å². The number of rotatable bonds is 4. The van der Waals surface area contributed by atoms with Crippen LogP contribution < -0.4 is 15.4 Å². The highest BCUT2D eigenvalue weighted by Gasteiger charge is 2.27. The maximum atomic E-state index is 11.8. The Hall–Kier alpha value is -1.88. The van der Waals surface area contributed by atoms with Gasteiger partial charge < -0.3 is 10.1 Å². The van der Waals surface area contributed by atoms with Gasteiger partial charge in [-0.3, -0.25) is 14.9 Å². The molecule has 0 aliphatic carbocycles. The molecule has 2 amide bonds. The first-order valence-electron chi connectivity index (χ1n) is 6.99. The lowest BCUT2D eigenvalue weighted by Gasteiger charge is -2.27. The summed E-state index contributed by atoms with van der Waals surface area (Å²) in [5.41, 5.74) is 0.938. The zero-order valence-electron chi connectivity index (χ0n) is 11.2. The van der Waals surface area contributed by atoms with Crippen molar-refractivity contribution in [3.63, 3.8) is 0 Å². The summed E-state index contributed by atoms with van der Waals surface area (Å²) >= 11 is 0. The molecule has 2 saturated heterocycles. The van der Waals surface area contributed by atoms with Crippen molar-refractivity contribution in [2.24, 2.45) is 5.92 Å². The van der Waals surface area contributed by atoms with Crippen molar-refractivity contribution in [2.75, 3.05) is 19.7 Å². The maximum absolute atomic E-state index is 11.8. The van der Waals surface area contributed by atoms with Gasteiger partial charge in [0.25, 0.3) is 0 Å². The van der Waals surface area contributed by atoms with Gasteiger partial charge in [-0.25, -0.2) is 0 Å². The van der Waals surface area contributed by atoms with Crippen molar-refractivity contribution in [1.82, 2.24) is 10.6 Å². The minimum Gasteiger partial charge on any atom is -0.493 e. The molecule has 0 spiro atoms. The highest BCUT2D eigenvalue weighted by atomic mass is 16.5. The number of ether oxygens (including phenoxy) is 1. The smallest absolute Gasteiger partial charge is 0.234 e. The fraction of sp³-hybridized carbons (Fsp3) is 0.467. The molecule has 5 heteroatoms. The van der Waals surface area contributed by atoms with E-state index in [0.717, 1.165) is 31.0 Å². The third-order valence-corrected chi connectivity index (χ3v) is 3.87. The lowest BCUT2D eigenvalue weighted by atomic mass is 9.90. The van der Waals surface area contributed by atoms with E-state index < -0.39 is 0 Å². The van der Waals surface area contributed by atoms with Crippen molar-refractivity contribution in [3.05, 3.63) is 29.8 Å². The molecule has 2 N–H and O–H groups in total. The Morgan fingerprint density at radius 3 is 2.50 bits per heavy atom. The predicted molar refractivity (Wildman–Crippen MR) is 73.4 cm³/mol. The van der Waals surface area contributed by atoms with E-state index in [0.29, 0.717) is 18.8 Å². The summed E-state index contributed by atoms with van der Waals surface area (Å²) in [6, 6.07) is 7.61. The van der Waals surface area contributed by atoms with E-state index in [1.807, 2.05) is 24.3 Å². The molecule has 0 aromatic heterocycles. The normalized spacial score (nSPS) is 23.1. The minimum absolute atomic E-state index is 0.180. The summed E-state index contributed by atoms with van der Waals surface area (Å²) in [7, 11) is 0. The van der Waals surface area contributed by atoms with Crippen LogP contribution in [0.2, 0.25) is 0 Å². The van der Waals surface area contributed by atoms with Gasteiger partial charge in [-0.05, 0) is 24.1 Å². The first-order valence-corrected chi connectivity index (χ1v) is 6.99. The Morgan fingerprint density at radius 1 is 1.15 bits per heavy atom. The summed E-state index contributed by atoms with van der Waals surface area (Å²) in [6.07, 6.45) is 0.988. The number of nitrogens with one attached hydrogen (secondary N) is 2. The van der Waals surface area contributed by atoms with Gasteiger partial charge in [0.05, 0.1) is 12.5 Å². The van der Waals surface area contributed by atoms with Crippen LogP contribution in [0.15, 0.2) is 24.3 Å². The summed E-state index contributed by atoms with van der Waals surface area (Å²) < 4.78 is 5.70. The molecule has 2 aliphatic heterocycles. The van der Waals surface area contributed by atoms with Crippen LogP contribution in [0.4, 0.5) is 0 Å². The van der Waals surface area contributed by atoms with Crippen molar-refractivity contribution in [1.29, 1.82) is 0 Å². The van der Waals surface area contributed by atoms with Gasteiger partial charge in [0.15, 0.2) is 0 Å². The van der Waals surface area contributed by atoms with Gasteiger partial charge in [0.1, 0.15) is 5.75 Å². The number of piperidine rings is 1. The standard InChI is InChI=1S/C15H18N2O3/c18-14-6-5-13(15(19)17-14)11-1-3-12(4-2-11)20-9-10-7-16-8-10/h1-4,10,13,16H,5-9H2,(H,17,18,19). The Balaban J connectivity index is 1.60. The number of hydrogen-bond acceptors (Lipinski definition) is 4. The van der Waals surface area contributed by atoms with Gasteiger partial charge in [0, 0.05) is 25.4 Å². The van der Waals surface area contributed by atoms with Crippen LogP contribution in [-0.4, -0.2) is 31.5 Å². The van der Waals surface area contributed by atoms with Crippen molar-refractivity contribution in [2.45, 2.75) is 18.8 Å². The van der Waals surface area contributed by atoms with E-state index in [9.17, 15) is 9.59 Å². The molecule has 5 nitrogen and oxygen atoms in total. The van der Waals surface area contributed by atoms with E-state index in [1.54, 1.807) is 0 Å². The van der Waals surface area contributed by atoms with Crippen LogP contribution in [0, 0.1) is 5.92 Å². The number of benzene rings is 1. The first-order chi connectivity index (χ1) is 9.72. The summed E-state index contributed by atoms with van der Waals surface area (Å²) in [5.74, 6) is 0.825. The molecule has 20 heavy (non-hydrogen) atoms. The number of carbonyl (C=O) groups is 2. The Labute approximate surface area is 117 Å². The van der Waals surface area contributed by atoms with Crippen LogP contribution in [0.3, 0.4) is 0 Å². The van der Waals surface area contributed by atoms with Gasteiger partial charge in [-0.2, -0.15) is 0 Å². The van der Waals surface area contributed by atoms with Gasteiger partial charge in [-0.15, -0.1) is 0 Å². The van der Waals surface area contributed by atoms with Crippen LogP contribution in [-0.2, 0) is 9.59 Å². The molecule has 0 bridgehead atoms. The van der Waals surface area contributed by atoms with E-state index in [2.05, 4.69) is 10.6 Å². The zero-order valence-corrected chi connectivity index (χ0v) is 11.2. The van der Waals surface area contributed by atoms with E-state index in [-0.39, 0.29) is 17.7 Å². The second-order valence-corrected chi connectivity index (χ2v) is 5.41. The van der Waals surface area contributed by atoms with Crippen molar-refractivity contribution in [3.8, 4) is 5.75 Å². The van der Waals surface area contributed by atoms with E-state index in [4.69, 9.17) is 4.74 Å². The topological polar surface area (TPSA) is 67.4 Å². The zero-order chi connectivity index (χ0) is 13.9. The van der Waals surface area contributed by atoms with Crippen LogP contribution in [0.5, 0.6) is 5.75 Å². The third-order valence-electron chi connectivity index (χ3n) is 3.87. The van der Waals surface area contributed by atoms with Crippen LogP contribution in [0.1, 0.15) is 24.3 Å². The fourth-order valence-corrected chi connectivity index (χ4v) is 2.49. The summed E-state index contributed by atoms with van der Waals surface area (Å²) in [5, 5.41) is 5.59. The largest absolute Gasteiger partial charge is 0.493 e. The minimum atomic E-state index is -0.224. The van der Waals surface area contributed by atoms with Crippen molar-refractivity contribution >= 4 is 11.8 Å². The third kappa shape index (κ3) is 2.82. The van der Waals surface area contributed by atoms with Crippen molar-refractivity contribution < 1.29 is 14.3 Å². The highest BCUT2D eigenvalue weighted by molar-refractivity contribution is 6.00. The van der Waals surface area contributed by atoms with Gasteiger partial charge in [0.2, 0.25) is 11.8 Å².